The van der Waals surface area contributed by atoms with Gasteiger partial charge in [-0.15, -0.1) is 10.2 Å². The fourth-order valence-electron chi connectivity index (χ4n) is 2.36. The zero-order valence-electron chi connectivity index (χ0n) is 12.0. The van der Waals surface area contributed by atoms with Gasteiger partial charge in [0.15, 0.2) is 5.82 Å². The predicted molar refractivity (Wildman–Crippen MR) is 90.3 cm³/mol. The highest BCUT2D eigenvalue weighted by Crippen LogP contribution is 2.29. The first kappa shape index (κ1) is 13.7. The van der Waals surface area contributed by atoms with E-state index < -0.39 is 0 Å². The zero-order valence-corrected chi connectivity index (χ0v) is 12.8. The normalized spacial score (nSPS) is 10.8. The maximum atomic E-state index is 5.90. The number of rotatable bonds is 3. The molecule has 5 nitrogen and oxygen atoms in total. The first-order chi connectivity index (χ1) is 11.3. The lowest BCUT2D eigenvalue weighted by Crippen LogP contribution is -2.10. The Labute approximate surface area is 137 Å². The summed E-state index contributed by atoms with van der Waals surface area (Å²) in [5.41, 5.74) is 6.87. The van der Waals surface area contributed by atoms with Crippen molar-refractivity contribution in [3.8, 4) is 22.6 Å². The minimum absolute atomic E-state index is 0.623. The van der Waals surface area contributed by atoms with Crippen molar-refractivity contribution in [2.24, 2.45) is 0 Å². The van der Waals surface area contributed by atoms with Crippen molar-refractivity contribution in [2.45, 2.75) is 0 Å². The smallest absolute Gasteiger partial charge is 0.187 e. The molecule has 0 spiro atoms. The Morgan fingerprint density at radius 2 is 1.70 bits per heavy atom. The number of hydrogen-bond acceptors (Lipinski definition) is 4. The number of fused-ring (bicyclic) bond motifs is 1. The van der Waals surface area contributed by atoms with Gasteiger partial charge >= 0.3 is 0 Å². The third-order valence-electron chi connectivity index (χ3n) is 3.46. The van der Waals surface area contributed by atoms with E-state index in [0.29, 0.717) is 10.8 Å². The van der Waals surface area contributed by atoms with Crippen LogP contribution in [0.2, 0.25) is 5.02 Å². The van der Waals surface area contributed by atoms with Gasteiger partial charge in [0.1, 0.15) is 12.0 Å². The molecule has 112 valence electrons. The summed E-state index contributed by atoms with van der Waals surface area (Å²) in [5, 5.41) is 9.09. The lowest BCUT2D eigenvalue weighted by atomic mass is 10.1. The fourth-order valence-corrected chi connectivity index (χ4v) is 2.48. The van der Waals surface area contributed by atoms with Gasteiger partial charge < -0.3 is 0 Å². The third-order valence-corrected chi connectivity index (χ3v) is 3.71. The van der Waals surface area contributed by atoms with E-state index in [4.69, 9.17) is 11.6 Å². The summed E-state index contributed by atoms with van der Waals surface area (Å²) >= 11 is 5.90. The van der Waals surface area contributed by atoms with Gasteiger partial charge in [-0.1, -0.05) is 41.9 Å². The number of benzene rings is 2. The van der Waals surface area contributed by atoms with Crippen LogP contribution in [0.25, 0.3) is 22.6 Å². The summed E-state index contributed by atoms with van der Waals surface area (Å²) in [7, 11) is 0. The van der Waals surface area contributed by atoms with Crippen LogP contribution in [0.1, 0.15) is 0 Å². The minimum Gasteiger partial charge on any atom is -0.293 e. The maximum absolute atomic E-state index is 5.90. The Bertz CT molecular complexity index is 902. The third kappa shape index (κ3) is 2.74. The number of hydrogen-bond donors (Lipinski definition) is 1. The van der Waals surface area contributed by atoms with E-state index >= 15 is 0 Å². The fraction of sp³-hybridized carbons (Fsp3) is 0. The lowest BCUT2D eigenvalue weighted by Gasteiger charge is -2.11. The summed E-state index contributed by atoms with van der Waals surface area (Å²) in [6.07, 6.45) is 3.60. The van der Waals surface area contributed by atoms with Crippen molar-refractivity contribution in [3.63, 3.8) is 0 Å². The molecule has 0 fully saturated rings. The van der Waals surface area contributed by atoms with Crippen LogP contribution in [-0.2, 0) is 0 Å². The van der Waals surface area contributed by atoms with Crippen molar-refractivity contribution in [1.82, 2.24) is 19.9 Å². The molecule has 4 rings (SSSR count). The predicted octanol–water partition coefficient (Wildman–Crippen LogP) is 3.97. The van der Waals surface area contributed by atoms with Gasteiger partial charge in [-0.3, -0.25) is 10.1 Å². The standard InChI is InChI=1S/C17H12ClN5/c18-13-6-8-14(9-7-13)22-23-10-15-16(12-4-2-1-3-5-12)20-21-17(15)19-11-23/h1-11,22H. The molecule has 0 unspecified atom stereocenters. The van der Waals surface area contributed by atoms with Crippen molar-refractivity contribution in [2.75, 3.05) is 5.43 Å². The van der Waals surface area contributed by atoms with Crippen LogP contribution < -0.4 is 5.43 Å². The average molecular weight is 322 g/mol. The molecule has 0 saturated heterocycles. The molecular weight excluding hydrogens is 310 g/mol. The largest absolute Gasteiger partial charge is 0.293 e. The van der Waals surface area contributed by atoms with Crippen molar-refractivity contribution in [1.29, 1.82) is 0 Å². The molecule has 0 amide bonds. The van der Waals surface area contributed by atoms with E-state index in [1.807, 2.05) is 60.8 Å². The molecule has 0 saturated carbocycles. The van der Waals surface area contributed by atoms with Crippen LogP contribution in [0.5, 0.6) is 0 Å². The average Bonchev–Trinajstić information content (AvgIpc) is 3.01. The van der Waals surface area contributed by atoms with Gasteiger partial charge in [0.25, 0.3) is 0 Å². The summed E-state index contributed by atoms with van der Waals surface area (Å²) in [5.74, 6) is 0.623. The molecular formula is C17H12ClN5. The number of anilines is 1. The highest BCUT2D eigenvalue weighted by atomic mass is 35.5. The van der Waals surface area contributed by atoms with Crippen LogP contribution in [-0.4, -0.2) is 19.9 Å². The maximum Gasteiger partial charge on any atom is 0.187 e. The Hall–Kier alpha value is -2.92. The summed E-state index contributed by atoms with van der Waals surface area (Å²) in [6, 6.07) is 17.4. The first-order valence-corrected chi connectivity index (χ1v) is 7.46. The molecule has 23 heavy (non-hydrogen) atoms. The second-order valence-electron chi connectivity index (χ2n) is 5.05. The molecule has 6 heteroatoms. The van der Waals surface area contributed by atoms with Crippen molar-refractivity contribution < 1.29 is 0 Å². The minimum atomic E-state index is 0.623. The van der Waals surface area contributed by atoms with Gasteiger partial charge in [0, 0.05) is 16.8 Å². The van der Waals surface area contributed by atoms with Crippen molar-refractivity contribution in [3.05, 3.63) is 72.1 Å². The molecule has 0 radical (unpaired) electrons. The van der Waals surface area contributed by atoms with Crippen LogP contribution in [0.15, 0.2) is 67.1 Å². The number of aromatic nitrogens is 4. The SMILES string of the molecule is Clc1ccc(Nn2cnc3nnc(-c4ccccc4)c-3c2)cc1. The molecule has 2 aromatic carbocycles. The highest BCUT2D eigenvalue weighted by molar-refractivity contribution is 6.30. The Morgan fingerprint density at radius 3 is 2.48 bits per heavy atom. The molecule has 2 aromatic rings. The lowest BCUT2D eigenvalue weighted by molar-refractivity contribution is 0.895. The Balaban J connectivity index is 1.72. The van der Waals surface area contributed by atoms with Crippen LogP contribution in [0.3, 0.4) is 0 Å². The summed E-state index contributed by atoms with van der Waals surface area (Å²) in [6.45, 7) is 0. The van der Waals surface area contributed by atoms with E-state index in [2.05, 4.69) is 20.6 Å². The molecule has 0 aliphatic carbocycles. The summed E-state index contributed by atoms with van der Waals surface area (Å²) < 4.78 is 1.78. The molecule has 0 bridgehead atoms. The van der Waals surface area contributed by atoms with E-state index in [1.54, 1.807) is 11.0 Å². The monoisotopic (exact) mass is 321 g/mol. The van der Waals surface area contributed by atoms with Gasteiger partial charge in [-0.2, -0.15) is 0 Å². The molecule has 2 aliphatic rings. The quantitative estimate of drug-likeness (QED) is 0.620. The molecule has 2 heterocycles. The number of nitrogens with zero attached hydrogens (tertiary/aromatic N) is 4. The van der Waals surface area contributed by atoms with E-state index in [9.17, 15) is 0 Å². The second kappa shape index (κ2) is 5.70. The first-order valence-electron chi connectivity index (χ1n) is 7.08. The van der Waals surface area contributed by atoms with Gasteiger partial charge in [0.05, 0.1) is 11.3 Å². The van der Waals surface area contributed by atoms with Gasteiger partial charge in [-0.25, -0.2) is 4.98 Å². The van der Waals surface area contributed by atoms with Crippen LogP contribution in [0, 0.1) is 0 Å². The number of halogens is 1. The van der Waals surface area contributed by atoms with Crippen LogP contribution >= 0.6 is 11.6 Å². The topological polar surface area (TPSA) is 55.6 Å². The zero-order chi connectivity index (χ0) is 15.6. The second-order valence-corrected chi connectivity index (χ2v) is 5.49. The Morgan fingerprint density at radius 1 is 0.913 bits per heavy atom. The Kier molecular flexibility index (Phi) is 3.40. The van der Waals surface area contributed by atoms with E-state index in [1.165, 1.54) is 0 Å². The van der Waals surface area contributed by atoms with E-state index in [-0.39, 0.29) is 0 Å². The number of nitrogens with one attached hydrogen (secondary N) is 1. The molecule has 1 N–H and O–H groups in total. The van der Waals surface area contributed by atoms with Crippen molar-refractivity contribution >= 4 is 17.3 Å². The van der Waals surface area contributed by atoms with Crippen LogP contribution in [0.4, 0.5) is 5.69 Å². The molecule has 0 atom stereocenters. The van der Waals surface area contributed by atoms with Gasteiger partial charge in [0.2, 0.25) is 0 Å². The molecule has 2 aliphatic heterocycles. The summed E-state index contributed by atoms with van der Waals surface area (Å²) in [4.78, 5) is 4.34. The van der Waals surface area contributed by atoms with Gasteiger partial charge in [-0.05, 0) is 24.3 Å². The molecule has 0 aromatic heterocycles. The van der Waals surface area contributed by atoms with E-state index in [0.717, 1.165) is 22.5 Å². The highest BCUT2D eigenvalue weighted by Gasteiger charge is 2.16.